The lowest BCUT2D eigenvalue weighted by atomic mass is 10.2. The molecule has 0 aliphatic carbocycles. The fourth-order valence-corrected chi connectivity index (χ4v) is 2.73. The van der Waals surface area contributed by atoms with Crippen molar-refractivity contribution in [1.82, 2.24) is 10.2 Å². The highest BCUT2D eigenvalue weighted by Gasteiger charge is 2.08. The molecule has 2 amide bonds. The third-order valence-electron chi connectivity index (χ3n) is 3.40. The first-order valence-electron chi connectivity index (χ1n) is 7.98. The average Bonchev–Trinajstić information content (AvgIpc) is 2.70. The minimum absolute atomic E-state index is 0.127. The van der Waals surface area contributed by atoms with Crippen molar-refractivity contribution in [2.45, 2.75) is 5.03 Å². The maximum Gasteiger partial charge on any atom is 0.256 e. The van der Waals surface area contributed by atoms with Gasteiger partial charge in [-0.25, -0.2) is 4.39 Å². The Balaban J connectivity index is 1.49. The molecule has 27 heavy (non-hydrogen) atoms. The number of hydrogen-bond acceptors (Lipinski definition) is 5. The van der Waals surface area contributed by atoms with E-state index >= 15 is 0 Å². The Bertz CT molecular complexity index is 919. The number of nitrogens with one attached hydrogen (secondary N) is 2. The summed E-state index contributed by atoms with van der Waals surface area (Å²) in [6.07, 6.45) is 0. The first kappa shape index (κ1) is 18.5. The summed E-state index contributed by atoms with van der Waals surface area (Å²) < 4.78 is 12.8. The predicted octanol–water partition coefficient (Wildman–Crippen LogP) is 3.60. The zero-order valence-corrected chi connectivity index (χ0v) is 14.9. The number of hydrogen-bond donors (Lipinski definition) is 2. The summed E-state index contributed by atoms with van der Waals surface area (Å²) in [6, 6.07) is 17.6. The van der Waals surface area contributed by atoms with Crippen LogP contribution in [0.5, 0.6) is 0 Å². The molecule has 2 N–H and O–H groups in total. The maximum absolute atomic E-state index is 12.8. The number of rotatable bonds is 6. The molecular formula is C19H15FN4O2S. The molecule has 6 nitrogen and oxygen atoms in total. The molecule has 8 heteroatoms. The number of carbonyl (C=O) groups excluding carboxylic acids is 2. The van der Waals surface area contributed by atoms with Gasteiger partial charge < -0.3 is 10.6 Å². The zero-order chi connectivity index (χ0) is 19.1. The first-order valence-corrected chi connectivity index (χ1v) is 8.97. The van der Waals surface area contributed by atoms with E-state index in [1.807, 2.05) is 6.07 Å². The van der Waals surface area contributed by atoms with Crippen molar-refractivity contribution in [3.05, 3.63) is 78.1 Å². The van der Waals surface area contributed by atoms with E-state index in [0.717, 1.165) is 0 Å². The van der Waals surface area contributed by atoms with Crippen LogP contribution >= 0.6 is 11.8 Å². The second-order valence-electron chi connectivity index (χ2n) is 5.42. The molecule has 0 unspecified atom stereocenters. The largest absolute Gasteiger partial charge is 0.325 e. The van der Waals surface area contributed by atoms with E-state index < -0.39 is 0 Å². The zero-order valence-electron chi connectivity index (χ0n) is 14.1. The standard InChI is InChI=1S/C19H15FN4O2S/c20-14-6-8-15(9-7-14)21-17(25)12-27-18-11-10-16(23-24-18)22-19(26)13-4-2-1-3-5-13/h1-11H,12H2,(H,21,25)(H,22,23,26). The second-order valence-corrected chi connectivity index (χ2v) is 6.42. The van der Waals surface area contributed by atoms with E-state index in [1.54, 1.807) is 36.4 Å². The molecule has 0 bridgehead atoms. The van der Waals surface area contributed by atoms with Gasteiger partial charge in [-0.15, -0.1) is 10.2 Å². The molecule has 136 valence electrons. The van der Waals surface area contributed by atoms with Crippen molar-refractivity contribution in [2.75, 3.05) is 16.4 Å². The molecule has 0 aliphatic heterocycles. The number of halogens is 1. The SMILES string of the molecule is O=C(CSc1ccc(NC(=O)c2ccccc2)nn1)Nc1ccc(F)cc1. The Morgan fingerprint density at radius 2 is 1.63 bits per heavy atom. The summed E-state index contributed by atoms with van der Waals surface area (Å²) >= 11 is 1.20. The van der Waals surface area contributed by atoms with Crippen molar-refractivity contribution in [2.24, 2.45) is 0 Å². The summed E-state index contributed by atoms with van der Waals surface area (Å²) in [6.45, 7) is 0. The Morgan fingerprint density at radius 1 is 0.889 bits per heavy atom. The van der Waals surface area contributed by atoms with Gasteiger partial charge in [-0.05, 0) is 48.5 Å². The smallest absolute Gasteiger partial charge is 0.256 e. The van der Waals surface area contributed by atoms with Crippen LogP contribution in [0, 0.1) is 5.82 Å². The molecule has 1 heterocycles. The molecule has 1 aromatic heterocycles. The Hall–Kier alpha value is -3.26. The van der Waals surface area contributed by atoms with Gasteiger partial charge in [0.1, 0.15) is 10.8 Å². The maximum atomic E-state index is 12.8. The molecule has 0 atom stereocenters. The van der Waals surface area contributed by atoms with Gasteiger partial charge in [0.25, 0.3) is 5.91 Å². The van der Waals surface area contributed by atoms with Gasteiger partial charge in [0.2, 0.25) is 5.91 Å². The van der Waals surface area contributed by atoms with Crippen LogP contribution in [0.2, 0.25) is 0 Å². The lowest BCUT2D eigenvalue weighted by Crippen LogP contribution is -2.14. The molecule has 0 saturated carbocycles. The van der Waals surface area contributed by atoms with Crippen molar-refractivity contribution >= 4 is 35.1 Å². The fourth-order valence-electron chi connectivity index (χ4n) is 2.11. The average molecular weight is 382 g/mol. The van der Waals surface area contributed by atoms with Crippen molar-refractivity contribution in [1.29, 1.82) is 0 Å². The molecule has 3 aromatic rings. The van der Waals surface area contributed by atoms with Crippen LogP contribution in [0.15, 0.2) is 71.8 Å². The molecule has 0 aliphatic rings. The Morgan fingerprint density at radius 3 is 2.30 bits per heavy atom. The van der Waals surface area contributed by atoms with E-state index in [9.17, 15) is 14.0 Å². The number of nitrogens with zero attached hydrogens (tertiary/aromatic N) is 2. The summed E-state index contributed by atoms with van der Waals surface area (Å²) in [5.41, 5.74) is 1.04. The minimum Gasteiger partial charge on any atom is -0.325 e. The van der Waals surface area contributed by atoms with Crippen LogP contribution in [0.25, 0.3) is 0 Å². The highest BCUT2D eigenvalue weighted by Crippen LogP contribution is 2.17. The first-order chi connectivity index (χ1) is 13.1. The lowest BCUT2D eigenvalue weighted by molar-refractivity contribution is -0.113. The van der Waals surface area contributed by atoms with Gasteiger partial charge in [-0.2, -0.15) is 0 Å². The van der Waals surface area contributed by atoms with E-state index in [2.05, 4.69) is 20.8 Å². The van der Waals surface area contributed by atoms with E-state index in [0.29, 0.717) is 22.1 Å². The van der Waals surface area contributed by atoms with Crippen molar-refractivity contribution in [3.63, 3.8) is 0 Å². The third-order valence-corrected chi connectivity index (χ3v) is 4.32. The minimum atomic E-state index is -0.364. The number of aromatic nitrogens is 2. The number of benzene rings is 2. The summed E-state index contributed by atoms with van der Waals surface area (Å²) in [4.78, 5) is 24.0. The summed E-state index contributed by atoms with van der Waals surface area (Å²) in [5, 5.41) is 13.8. The monoisotopic (exact) mass is 382 g/mol. The van der Waals surface area contributed by atoms with Gasteiger partial charge in [-0.3, -0.25) is 9.59 Å². The highest BCUT2D eigenvalue weighted by atomic mass is 32.2. The molecule has 0 radical (unpaired) electrons. The van der Waals surface area contributed by atoms with Gasteiger partial charge in [0.15, 0.2) is 5.82 Å². The van der Waals surface area contributed by atoms with Gasteiger partial charge >= 0.3 is 0 Å². The molecule has 2 aromatic carbocycles. The Labute approximate surface area is 159 Å². The van der Waals surface area contributed by atoms with Crippen LogP contribution in [0.3, 0.4) is 0 Å². The quantitative estimate of drug-likeness (QED) is 0.637. The highest BCUT2D eigenvalue weighted by molar-refractivity contribution is 7.99. The van der Waals surface area contributed by atoms with Gasteiger partial charge in [0.05, 0.1) is 5.75 Å². The predicted molar refractivity (Wildman–Crippen MR) is 102 cm³/mol. The molecule has 0 saturated heterocycles. The number of anilines is 2. The molecule has 0 spiro atoms. The van der Waals surface area contributed by atoms with Crippen LogP contribution in [0.4, 0.5) is 15.9 Å². The lowest BCUT2D eigenvalue weighted by Gasteiger charge is -2.06. The number of thioether (sulfide) groups is 1. The second kappa shape index (κ2) is 8.91. The third kappa shape index (κ3) is 5.61. The van der Waals surface area contributed by atoms with Crippen molar-refractivity contribution < 1.29 is 14.0 Å². The summed E-state index contributed by atoms with van der Waals surface area (Å²) in [7, 11) is 0. The fraction of sp³-hybridized carbons (Fsp3) is 0.0526. The Kier molecular flexibility index (Phi) is 6.11. The van der Waals surface area contributed by atoms with E-state index in [1.165, 1.54) is 36.0 Å². The summed E-state index contributed by atoms with van der Waals surface area (Å²) in [5.74, 6) is -0.429. The van der Waals surface area contributed by atoms with Crippen LogP contribution < -0.4 is 10.6 Å². The van der Waals surface area contributed by atoms with E-state index in [-0.39, 0.29) is 23.4 Å². The molecule has 3 rings (SSSR count). The number of carbonyl (C=O) groups is 2. The number of amides is 2. The van der Waals surface area contributed by atoms with E-state index in [4.69, 9.17) is 0 Å². The van der Waals surface area contributed by atoms with Gasteiger partial charge in [0, 0.05) is 11.3 Å². The van der Waals surface area contributed by atoms with Crippen LogP contribution in [0.1, 0.15) is 10.4 Å². The molecule has 0 fully saturated rings. The topological polar surface area (TPSA) is 84.0 Å². The molecular weight excluding hydrogens is 367 g/mol. The van der Waals surface area contributed by atoms with Crippen LogP contribution in [-0.2, 0) is 4.79 Å². The normalized spacial score (nSPS) is 10.3. The van der Waals surface area contributed by atoms with Crippen LogP contribution in [-0.4, -0.2) is 27.8 Å². The van der Waals surface area contributed by atoms with Crippen molar-refractivity contribution in [3.8, 4) is 0 Å². The van der Waals surface area contributed by atoms with Gasteiger partial charge in [-0.1, -0.05) is 30.0 Å².